The summed E-state index contributed by atoms with van der Waals surface area (Å²) in [4.78, 5) is 15.5. The van der Waals surface area contributed by atoms with E-state index in [1.807, 2.05) is 47.7 Å². The zero-order valence-electron chi connectivity index (χ0n) is 25.9. The fourth-order valence-corrected chi connectivity index (χ4v) is 9.06. The SMILES string of the molecule is CC1(C)c2ccccc2-c2c1c1c3ccccc3n(-c3nc(-c4ccccc4)nc(-c4ccccc4)n3)c1c1c2sc2ccccc21. The summed E-state index contributed by atoms with van der Waals surface area (Å²) in [6.45, 7) is 4.76. The topological polar surface area (TPSA) is 43.6 Å². The van der Waals surface area contributed by atoms with Crippen molar-refractivity contribution < 1.29 is 0 Å². The van der Waals surface area contributed by atoms with E-state index in [2.05, 4.69) is 115 Å². The Morgan fingerprint density at radius 2 is 1.17 bits per heavy atom. The zero-order valence-corrected chi connectivity index (χ0v) is 26.7. The monoisotopic (exact) mass is 620 g/mol. The van der Waals surface area contributed by atoms with Gasteiger partial charge in [0.15, 0.2) is 11.6 Å². The highest BCUT2D eigenvalue weighted by Crippen LogP contribution is 2.58. The van der Waals surface area contributed by atoms with Crippen LogP contribution < -0.4 is 0 Å². The first-order valence-corrected chi connectivity index (χ1v) is 16.8. The van der Waals surface area contributed by atoms with Gasteiger partial charge in [0.1, 0.15) is 0 Å². The smallest absolute Gasteiger partial charge is 0.238 e. The lowest BCUT2D eigenvalue weighted by Crippen LogP contribution is -2.15. The van der Waals surface area contributed by atoms with E-state index < -0.39 is 0 Å². The molecule has 3 aromatic heterocycles. The molecule has 1 aliphatic carbocycles. The van der Waals surface area contributed by atoms with E-state index in [-0.39, 0.29) is 5.41 Å². The van der Waals surface area contributed by atoms with Crippen LogP contribution in [0.3, 0.4) is 0 Å². The highest BCUT2D eigenvalue weighted by atomic mass is 32.1. The number of para-hydroxylation sites is 1. The molecule has 0 radical (unpaired) electrons. The van der Waals surface area contributed by atoms with Gasteiger partial charge in [0.25, 0.3) is 0 Å². The third-order valence-corrected chi connectivity index (χ3v) is 11.0. The summed E-state index contributed by atoms with van der Waals surface area (Å²) in [6.07, 6.45) is 0. The summed E-state index contributed by atoms with van der Waals surface area (Å²) in [5.41, 5.74) is 9.40. The van der Waals surface area contributed by atoms with Crippen molar-refractivity contribution in [2.45, 2.75) is 19.3 Å². The van der Waals surface area contributed by atoms with Gasteiger partial charge in [-0.3, -0.25) is 4.57 Å². The molecule has 0 bridgehead atoms. The number of benzene rings is 6. The number of thiophene rings is 1. The lowest BCUT2D eigenvalue weighted by molar-refractivity contribution is 0.667. The van der Waals surface area contributed by atoms with Gasteiger partial charge >= 0.3 is 0 Å². The van der Waals surface area contributed by atoms with Crippen LogP contribution in [0.1, 0.15) is 25.0 Å². The molecule has 0 saturated carbocycles. The van der Waals surface area contributed by atoms with Crippen molar-refractivity contribution in [1.82, 2.24) is 19.5 Å². The van der Waals surface area contributed by atoms with E-state index >= 15 is 0 Å². The fraction of sp³-hybridized carbons (Fsp3) is 0.0714. The average molecular weight is 621 g/mol. The van der Waals surface area contributed by atoms with Gasteiger partial charge in [-0.15, -0.1) is 11.3 Å². The van der Waals surface area contributed by atoms with Crippen LogP contribution in [0.2, 0.25) is 0 Å². The summed E-state index contributed by atoms with van der Waals surface area (Å²) < 4.78 is 4.91. The van der Waals surface area contributed by atoms with E-state index in [1.165, 1.54) is 53.2 Å². The molecule has 47 heavy (non-hydrogen) atoms. The quantitative estimate of drug-likeness (QED) is 0.197. The number of nitrogens with zero attached hydrogens (tertiary/aromatic N) is 4. The second kappa shape index (κ2) is 9.68. The molecule has 10 rings (SSSR count). The number of rotatable bonds is 3. The Kier molecular flexibility index (Phi) is 5.47. The molecule has 0 fully saturated rings. The molecule has 6 aromatic carbocycles. The second-order valence-corrected chi connectivity index (χ2v) is 13.9. The number of aromatic nitrogens is 4. The van der Waals surface area contributed by atoms with Crippen LogP contribution >= 0.6 is 11.3 Å². The molecular weight excluding hydrogens is 593 g/mol. The van der Waals surface area contributed by atoms with Gasteiger partial charge in [0.05, 0.1) is 11.0 Å². The fourth-order valence-electron chi connectivity index (χ4n) is 7.79. The van der Waals surface area contributed by atoms with Crippen molar-refractivity contribution in [3.05, 3.63) is 145 Å². The number of hydrogen-bond acceptors (Lipinski definition) is 4. The molecule has 3 heterocycles. The van der Waals surface area contributed by atoms with Crippen molar-refractivity contribution in [2.75, 3.05) is 0 Å². The maximum absolute atomic E-state index is 5.26. The molecular formula is C42H28N4S. The Labute approximate surface area is 275 Å². The lowest BCUT2D eigenvalue weighted by Gasteiger charge is -2.23. The van der Waals surface area contributed by atoms with E-state index in [1.54, 1.807) is 0 Å². The minimum atomic E-state index is -0.201. The van der Waals surface area contributed by atoms with Crippen molar-refractivity contribution in [2.24, 2.45) is 0 Å². The second-order valence-electron chi connectivity index (χ2n) is 12.8. The first kappa shape index (κ1) is 26.6. The normalized spacial score (nSPS) is 13.5. The molecule has 0 saturated heterocycles. The molecule has 222 valence electrons. The zero-order chi connectivity index (χ0) is 31.3. The van der Waals surface area contributed by atoms with Gasteiger partial charge in [-0.1, -0.05) is 135 Å². The lowest BCUT2D eigenvalue weighted by atomic mass is 9.80. The average Bonchev–Trinajstić information content (AvgIpc) is 3.75. The predicted octanol–water partition coefficient (Wildman–Crippen LogP) is 11.0. The van der Waals surface area contributed by atoms with Crippen LogP contribution in [0, 0.1) is 0 Å². The highest BCUT2D eigenvalue weighted by molar-refractivity contribution is 7.26. The van der Waals surface area contributed by atoms with Crippen LogP contribution in [0.5, 0.6) is 0 Å². The van der Waals surface area contributed by atoms with Crippen molar-refractivity contribution in [3.63, 3.8) is 0 Å². The molecule has 0 atom stereocenters. The Balaban J connectivity index is 1.44. The highest BCUT2D eigenvalue weighted by Gasteiger charge is 2.40. The van der Waals surface area contributed by atoms with Crippen LogP contribution in [0.15, 0.2) is 133 Å². The minimum absolute atomic E-state index is 0.201. The summed E-state index contributed by atoms with van der Waals surface area (Å²) in [5.74, 6) is 1.93. The van der Waals surface area contributed by atoms with Crippen molar-refractivity contribution in [1.29, 1.82) is 0 Å². The molecule has 0 amide bonds. The van der Waals surface area contributed by atoms with E-state index in [4.69, 9.17) is 15.0 Å². The summed E-state index contributed by atoms with van der Waals surface area (Å²) in [5, 5.41) is 4.99. The van der Waals surface area contributed by atoms with Gasteiger partial charge in [0.2, 0.25) is 5.95 Å². The predicted molar refractivity (Wildman–Crippen MR) is 195 cm³/mol. The maximum atomic E-state index is 5.26. The molecule has 5 heteroatoms. The summed E-state index contributed by atoms with van der Waals surface area (Å²) in [6, 6.07) is 47.0. The third-order valence-electron chi connectivity index (χ3n) is 9.82. The summed E-state index contributed by atoms with van der Waals surface area (Å²) >= 11 is 1.89. The van der Waals surface area contributed by atoms with Crippen LogP contribution in [-0.2, 0) is 5.41 Å². The van der Waals surface area contributed by atoms with E-state index in [0.29, 0.717) is 17.6 Å². The molecule has 0 N–H and O–H groups in total. The maximum Gasteiger partial charge on any atom is 0.238 e. The molecule has 0 unspecified atom stereocenters. The Morgan fingerprint density at radius 1 is 0.574 bits per heavy atom. The summed E-state index contributed by atoms with van der Waals surface area (Å²) in [7, 11) is 0. The molecule has 0 spiro atoms. The van der Waals surface area contributed by atoms with Gasteiger partial charge < -0.3 is 0 Å². The molecule has 4 nitrogen and oxygen atoms in total. The van der Waals surface area contributed by atoms with Gasteiger partial charge in [0, 0.05) is 53.1 Å². The van der Waals surface area contributed by atoms with Gasteiger partial charge in [-0.05, 0) is 28.8 Å². The van der Waals surface area contributed by atoms with Crippen LogP contribution in [0.4, 0.5) is 0 Å². The Bertz CT molecular complexity index is 2640. The van der Waals surface area contributed by atoms with Gasteiger partial charge in [-0.2, -0.15) is 9.97 Å². The Morgan fingerprint density at radius 3 is 1.89 bits per heavy atom. The van der Waals surface area contributed by atoms with E-state index in [9.17, 15) is 0 Å². The number of fused-ring (bicyclic) bond motifs is 12. The Hall–Kier alpha value is -5.65. The number of hydrogen-bond donors (Lipinski definition) is 0. The molecule has 9 aromatic rings. The van der Waals surface area contributed by atoms with Gasteiger partial charge in [-0.25, -0.2) is 4.98 Å². The van der Waals surface area contributed by atoms with E-state index in [0.717, 1.165) is 22.2 Å². The first-order valence-electron chi connectivity index (χ1n) is 16.0. The largest absolute Gasteiger partial charge is 0.277 e. The van der Waals surface area contributed by atoms with Crippen LogP contribution in [-0.4, -0.2) is 19.5 Å². The van der Waals surface area contributed by atoms with Crippen molar-refractivity contribution >= 4 is 53.3 Å². The molecule has 1 aliphatic rings. The molecule has 0 aliphatic heterocycles. The first-order chi connectivity index (χ1) is 23.1. The standard InChI is InChI=1S/C42H28N4S/c1-42(2)30-22-12-9-19-27(30)34-36(42)33-28-20-10-13-23-31(28)46(37(33)35-29-21-11-14-24-32(29)47-38(34)35)41-44-39(25-15-5-3-6-16-25)43-40(45-41)26-17-7-4-8-18-26/h3-24H,1-2H3. The van der Waals surface area contributed by atoms with Crippen LogP contribution in [0.25, 0.3) is 81.8 Å². The third kappa shape index (κ3) is 3.66. The van der Waals surface area contributed by atoms with Crippen molar-refractivity contribution in [3.8, 4) is 39.9 Å². The minimum Gasteiger partial charge on any atom is -0.277 e.